The van der Waals surface area contributed by atoms with E-state index in [4.69, 9.17) is 16.1 Å². The highest BCUT2D eigenvalue weighted by Crippen LogP contribution is 2.34. The summed E-state index contributed by atoms with van der Waals surface area (Å²) in [6.45, 7) is 1.74. The molecule has 4 rings (SSSR count). The average Bonchev–Trinajstić information content (AvgIpc) is 3.14. The maximum atomic E-state index is 14.4. The van der Waals surface area contributed by atoms with Crippen LogP contribution in [-0.2, 0) is 10.0 Å². The number of piperazine rings is 1. The summed E-state index contributed by atoms with van der Waals surface area (Å²) in [5.74, 6) is -1.58. The molecular weight excluding hydrogens is 464 g/mol. The molecule has 1 fully saturated rings. The van der Waals surface area contributed by atoms with Gasteiger partial charge in [-0.3, -0.25) is 4.79 Å². The minimum atomic E-state index is -3.90. The van der Waals surface area contributed by atoms with Gasteiger partial charge in [-0.15, -0.1) is 0 Å². The maximum Gasteiger partial charge on any atom is 0.259 e. The van der Waals surface area contributed by atoms with E-state index in [9.17, 15) is 22.0 Å². The topological polar surface area (TPSA) is 83.7 Å². The molecule has 168 valence electrons. The highest BCUT2D eigenvalue weighted by Gasteiger charge is 2.34. The molecule has 1 aliphatic rings. The Hall–Kier alpha value is -2.82. The summed E-state index contributed by atoms with van der Waals surface area (Å²) in [7, 11) is -3.90. The van der Waals surface area contributed by atoms with Crippen molar-refractivity contribution in [2.24, 2.45) is 0 Å². The molecule has 0 N–H and O–H groups in total. The number of hydrogen-bond donors (Lipinski definition) is 0. The van der Waals surface area contributed by atoms with Crippen molar-refractivity contribution >= 4 is 27.5 Å². The Bertz CT molecular complexity index is 1270. The maximum absolute atomic E-state index is 14.4. The van der Waals surface area contributed by atoms with Crippen LogP contribution in [0.1, 0.15) is 16.1 Å². The molecule has 3 aromatic rings. The number of nitrogens with zero attached hydrogens (tertiary/aromatic N) is 3. The van der Waals surface area contributed by atoms with Crippen LogP contribution in [0.3, 0.4) is 0 Å². The fraction of sp³-hybridized carbons (Fsp3) is 0.238. The molecule has 1 aliphatic heterocycles. The van der Waals surface area contributed by atoms with Crippen molar-refractivity contribution in [2.75, 3.05) is 26.2 Å². The van der Waals surface area contributed by atoms with Gasteiger partial charge < -0.3 is 9.42 Å². The fourth-order valence-electron chi connectivity index (χ4n) is 3.58. The first-order chi connectivity index (χ1) is 15.2. The third kappa shape index (κ3) is 4.01. The summed E-state index contributed by atoms with van der Waals surface area (Å²) >= 11 is 6.13. The molecular formula is C21H18ClF2N3O4S. The molecule has 7 nitrogen and oxygen atoms in total. The van der Waals surface area contributed by atoms with Gasteiger partial charge in [0.05, 0.1) is 15.5 Å². The number of carbonyl (C=O) groups is 1. The van der Waals surface area contributed by atoms with E-state index >= 15 is 0 Å². The summed E-state index contributed by atoms with van der Waals surface area (Å²) in [6.07, 6.45) is 0. The number of rotatable bonds is 4. The van der Waals surface area contributed by atoms with Crippen molar-refractivity contribution in [1.82, 2.24) is 14.4 Å². The van der Waals surface area contributed by atoms with E-state index in [-0.39, 0.29) is 58.7 Å². The number of carbonyl (C=O) groups excluding carboxylic acids is 1. The van der Waals surface area contributed by atoms with Gasteiger partial charge in [-0.05, 0) is 37.3 Å². The number of aryl methyl sites for hydroxylation is 1. The standard InChI is InChI=1S/C21H18ClF2N3O4S/c1-13-18(20(25-31-13)19-16(22)6-3-7-17(19)24)21(28)26-8-10-27(11-9-26)32(29,30)15-5-2-4-14(23)12-15/h2-7,12H,8-11H2,1H3. The highest BCUT2D eigenvalue weighted by molar-refractivity contribution is 7.89. The van der Waals surface area contributed by atoms with E-state index in [1.54, 1.807) is 0 Å². The van der Waals surface area contributed by atoms with E-state index < -0.39 is 27.6 Å². The lowest BCUT2D eigenvalue weighted by Gasteiger charge is -2.34. The monoisotopic (exact) mass is 481 g/mol. The summed E-state index contributed by atoms with van der Waals surface area (Å²) in [5, 5.41) is 3.92. The Balaban J connectivity index is 1.56. The van der Waals surface area contributed by atoms with Crippen LogP contribution in [0.2, 0.25) is 5.02 Å². The number of benzene rings is 2. The van der Waals surface area contributed by atoms with Gasteiger partial charge >= 0.3 is 0 Å². The molecule has 0 aliphatic carbocycles. The van der Waals surface area contributed by atoms with Crippen LogP contribution >= 0.6 is 11.6 Å². The van der Waals surface area contributed by atoms with Crippen molar-refractivity contribution in [1.29, 1.82) is 0 Å². The number of halogens is 3. The molecule has 2 heterocycles. The third-order valence-electron chi connectivity index (χ3n) is 5.24. The van der Waals surface area contributed by atoms with Gasteiger partial charge in [0.2, 0.25) is 10.0 Å². The van der Waals surface area contributed by atoms with Crippen LogP contribution in [0, 0.1) is 18.6 Å². The second-order valence-electron chi connectivity index (χ2n) is 7.21. The van der Waals surface area contributed by atoms with Crippen molar-refractivity contribution in [3.8, 4) is 11.3 Å². The normalized spacial score (nSPS) is 15.2. The van der Waals surface area contributed by atoms with Crippen LogP contribution in [0.15, 0.2) is 51.9 Å². The Morgan fingerprint density at radius 2 is 1.78 bits per heavy atom. The van der Waals surface area contributed by atoms with Crippen LogP contribution in [-0.4, -0.2) is 54.9 Å². The van der Waals surface area contributed by atoms with E-state index in [1.165, 1.54) is 46.5 Å². The molecule has 2 aromatic carbocycles. The summed E-state index contributed by atoms with van der Waals surface area (Å²) in [5.41, 5.74) is 0.0190. The lowest BCUT2D eigenvalue weighted by molar-refractivity contribution is 0.0696. The Morgan fingerprint density at radius 3 is 2.44 bits per heavy atom. The molecule has 11 heteroatoms. The fourth-order valence-corrected chi connectivity index (χ4v) is 5.29. The predicted molar refractivity (Wildman–Crippen MR) is 113 cm³/mol. The number of aromatic nitrogens is 1. The zero-order valence-corrected chi connectivity index (χ0v) is 18.5. The van der Waals surface area contributed by atoms with E-state index in [1.807, 2.05) is 0 Å². The third-order valence-corrected chi connectivity index (χ3v) is 7.45. The lowest BCUT2D eigenvalue weighted by Crippen LogP contribution is -2.50. The molecule has 0 saturated carbocycles. The first-order valence-electron chi connectivity index (χ1n) is 9.66. The zero-order chi connectivity index (χ0) is 23.0. The van der Waals surface area contributed by atoms with Gasteiger partial charge in [0.25, 0.3) is 5.91 Å². The van der Waals surface area contributed by atoms with Crippen molar-refractivity contribution in [3.05, 3.63) is 70.4 Å². The van der Waals surface area contributed by atoms with Crippen LogP contribution in [0.4, 0.5) is 8.78 Å². The van der Waals surface area contributed by atoms with Gasteiger partial charge in [-0.1, -0.05) is 28.9 Å². The Labute approximate surface area is 188 Å². The second-order valence-corrected chi connectivity index (χ2v) is 9.56. The summed E-state index contributed by atoms with van der Waals surface area (Å²) in [6, 6.07) is 8.89. The first kappa shape index (κ1) is 22.4. The molecule has 1 saturated heterocycles. The SMILES string of the molecule is Cc1onc(-c2c(F)cccc2Cl)c1C(=O)N1CCN(S(=O)(=O)c2cccc(F)c2)CC1. The van der Waals surface area contributed by atoms with E-state index in [0.29, 0.717) is 0 Å². The highest BCUT2D eigenvalue weighted by atomic mass is 35.5. The van der Waals surface area contributed by atoms with Gasteiger partial charge in [0.15, 0.2) is 0 Å². The molecule has 0 bridgehead atoms. The van der Waals surface area contributed by atoms with Gasteiger partial charge in [-0.25, -0.2) is 17.2 Å². The van der Waals surface area contributed by atoms with Crippen LogP contribution in [0.25, 0.3) is 11.3 Å². The molecule has 0 unspecified atom stereocenters. The zero-order valence-electron chi connectivity index (χ0n) is 16.9. The smallest absolute Gasteiger partial charge is 0.259 e. The number of hydrogen-bond acceptors (Lipinski definition) is 5. The Morgan fingerprint density at radius 1 is 1.09 bits per heavy atom. The minimum Gasteiger partial charge on any atom is -0.360 e. The Kier molecular flexibility index (Phi) is 6.02. The van der Waals surface area contributed by atoms with E-state index in [2.05, 4.69) is 5.16 Å². The van der Waals surface area contributed by atoms with Gasteiger partial charge in [0, 0.05) is 26.2 Å². The molecule has 1 amide bonds. The van der Waals surface area contributed by atoms with Crippen molar-refractivity contribution in [2.45, 2.75) is 11.8 Å². The average molecular weight is 482 g/mol. The summed E-state index contributed by atoms with van der Waals surface area (Å²) in [4.78, 5) is 14.5. The predicted octanol–water partition coefficient (Wildman–Crippen LogP) is 3.73. The lowest BCUT2D eigenvalue weighted by atomic mass is 10.0. The van der Waals surface area contributed by atoms with Gasteiger partial charge in [0.1, 0.15) is 28.7 Å². The molecule has 0 atom stereocenters. The second kappa shape index (κ2) is 8.61. The van der Waals surface area contributed by atoms with E-state index in [0.717, 1.165) is 12.1 Å². The summed E-state index contributed by atoms with van der Waals surface area (Å²) < 4.78 is 59.8. The molecule has 0 spiro atoms. The molecule has 32 heavy (non-hydrogen) atoms. The van der Waals surface area contributed by atoms with Crippen molar-refractivity contribution in [3.63, 3.8) is 0 Å². The van der Waals surface area contributed by atoms with Gasteiger partial charge in [-0.2, -0.15) is 4.31 Å². The van der Waals surface area contributed by atoms with Crippen LogP contribution < -0.4 is 0 Å². The minimum absolute atomic E-state index is 0.00888. The number of sulfonamides is 1. The number of amides is 1. The van der Waals surface area contributed by atoms with Crippen molar-refractivity contribution < 1.29 is 26.5 Å². The molecule has 1 aromatic heterocycles. The van der Waals surface area contributed by atoms with Crippen LogP contribution in [0.5, 0.6) is 0 Å². The molecule has 0 radical (unpaired) electrons. The largest absolute Gasteiger partial charge is 0.360 e. The quantitative estimate of drug-likeness (QED) is 0.567. The first-order valence-corrected chi connectivity index (χ1v) is 11.5.